The number of benzene rings is 9. The van der Waals surface area contributed by atoms with E-state index in [-0.39, 0.29) is 0 Å². The molecule has 0 aliphatic rings. The normalized spacial score (nSPS) is 11.6. The first-order chi connectivity index (χ1) is 27.2. The molecule has 9 aromatic carbocycles. The summed E-state index contributed by atoms with van der Waals surface area (Å²) in [5.74, 6) is 0. The molecule has 0 unspecified atom stereocenters. The minimum absolute atomic E-state index is 0.900. The molecule has 0 bridgehead atoms. The summed E-state index contributed by atoms with van der Waals surface area (Å²) in [7, 11) is 0. The van der Waals surface area contributed by atoms with Crippen molar-refractivity contribution in [3.8, 4) is 33.4 Å². The molecular formula is C52H33NOS. The molecular weight excluding hydrogens is 687 g/mol. The Kier molecular flexibility index (Phi) is 7.39. The van der Waals surface area contributed by atoms with Gasteiger partial charge in [0.1, 0.15) is 11.2 Å². The summed E-state index contributed by atoms with van der Waals surface area (Å²) in [4.78, 5) is 2.49. The number of nitrogens with zero attached hydrogens (tertiary/aromatic N) is 1. The second-order valence-corrected chi connectivity index (χ2v) is 15.2. The van der Waals surface area contributed by atoms with Crippen molar-refractivity contribution in [3.05, 3.63) is 200 Å². The fraction of sp³-hybridized carbons (Fsp3) is 0. The molecule has 11 aromatic rings. The van der Waals surface area contributed by atoms with Crippen LogP contribution in [-0.4, -0.2) is 0 Å². The number of rotatable bonds is 6. The van der Waals surface area contributed by atoms with Crippen molar-refractivity contribution in [2.24, 2.45) is 0 Å². The van der Waals surface area contributed by atoms with Gasteiger partial charge >= 0.3 is 0 Å². The zero-order valence-electron chi connectivity index (χ0n) is 29.8. The van der Waals surface area contributed by atoms with Gasteiger partial charge in [0.05, 0.1) is 11.4 Å². The Labute approximate surface area is 322 Å². The van der Waals surface area contributed by atoms with Gasteiger partial charge in [-0.25, -0.2) is 0 Å². The Balaban J connectivity index is 1.18. The maximum absolute atomic E-state index is 6.21. The Morgan fingerprint density at radius 3 is 1.95 bits per heavy atom. The van der Waals surface area contributed by atoms with Crippen LogP contribution in [0.5, 0.6) is 0 Å². The fourth-order valence-electron chi connectivity index (χ4n) is 8.21. The van der Waals surface area contributed by atoms with Crippen LogP contribution in [0.4, 0.5) is 17.1 Å². The van der Waals surface area contributed by atoms with Crippen molar-refractivity contribution in [1.29, 1.82) is 0 Å². The number of hydrogen-bond donors (Lipinski definition) is 0. The summed E-state index contributed by atoms with van der Waals surface area (Å²) in [5.41, 5.74) is 12.1. The SMILES string of the molecule is c1ccc(-c2ccc(-c3ccc4ccccc4c3)cc2N(c2cccc(-c3ccc4oc5ccccc5c4c3)c2)c2cccc3sc4ccccc4c23)cc1. The van der Waals surface area contributed by atoms with E-state index in [0.717, 1.165) is 50.1 Å². The highest BCUT2D eigenvalue weighted by molar-refractivity contribution is 7.26. The average molecular weight is 720 g/mol. The van der Waals surface area contributed by atoms with E-state index in [1.54, 1.807) is 0 Å². The van der Waals surface area contributed by atoms with E-state index in [9.17, 15) is 0 Å². The third-order valence-electron chi connectivity index (χ3n) is 10.8. The van der Waals surface area contributed by atoms with E-state index in [1.165, 1.54) is 53.2 Å². The van der Waals surface area contributed by atoms with E-state index >= 15 is 0 Å². The smallest absolute Gasteiger partial charge is 0.135 e. The van der Waals surface area contributed by atoms with Crippen LogP contribution < -0.4 is 4.90 Å². The van der Waals surface area contributed by atoms with Gasteiger partial charge < -0.3 is 9.32 Å². The third-order valence-corrected chi connectivity index (χ3v) is 12.0. The summed E-state index contributed by atoms with van der Waals surface area (Å²) < 4.78 is 8.76. The topological polar surface area (TPSA) is 16.4 Å². The first kappa shape index (κ1) is 31.6. The molecule has 0 saturated heterocycles. The van der Waals surface area contributed by atoms with E-state index in [0.29, 0.717) is 0 Å². The van der Waals surface area contributed by atoms with Crippen LogP contribution in [0.1, 0.15) is 0 Å². The van der Waals surface area contributed by atoms with Gasteiger partial charge in [0.2, 0.25) is 0 Å². The molecule has 2 nitrogen and oxygen atoms in total. The van der Waals surface area contributed by atoms with Crippen molar-refractivity contribution < 1.29 is 4.42 Å². The highest BCUT2D eigenvalue weighted by atomic mass is 32.1. The maximum Gasteiger partial charge on any atom is 0.135 e. The lowest BCUT2D eigenvalue weighted by Gasteiger charge is -2.30. The van der Waals surface area contributed by atoms with Crippen LogP contribution in [0.15, 0.2) is 205 Å². The molecule has 0 amide bonds. The minimum atomic E-state index is 0.900. The van der Waals surface area contributed by atoms with E-state index in [2.05, 4.69) is 193 Å². The zero-order chi connectivity index (χ0) is 36.3. The van der Waals surface area contributed by atoms with Crippen LogP contribution in [0.25, 0.3) is 86.3 Å². The molecule has 0 spiro atoms. The monoisotopic (exact) mass is 719 g/mol. The van der Waals surface area contributed by atoms with Crippen LogP contribution >= 0.6 is 11.3 Å². The second-order valence-electron chi connectivity index (χ2n) is 14.1. The van der Waals surface area contributed by atoms with E-state index < -0.39 is 0 Å². The number of hydrogen-bond acceptors (Lipinski definition) is 3. The van der Waals surface area contributed by atoms with Gasteiger partial charge in [-0.05, 0) is 99.3 Å². The van der Waals surface area contributed by atoms with Crippen LogP contribution in [0.3, 0.4) is 0 Å². The number of furan rings is 1. The van der Waals surface area contributed by atoms with E-state index in [1.807, 2.05) is 23.5 Å². The summed E-state index contributed by atoms with van der Waals surface area (Å²) >= 11 is 1.85. The van der Waals surface area contributed by atoms with Gasteiger partial charge in [-0.1, -0.05) is 140 Å². The molecule has 3 heteroatoms. The molecule has 0 N–H and O–H groups in total. The van der Waals surface area contributed by atoms with Crippen molar-refractivity contribution >= 4 is 81.3 Å². The van der Waals surface area contributed by atoms with Gasteiger partial charge in [-0.3, -0.25) is 0 Å². The minimum Gasteiger partial charge on any atom is -0.456 e. The predicted octanol–water partition coefficient (Wildman–Crippen LogP) is 15.6. The number of fused-ring (bicyclic) bond motifs is 7. The maximum atomic E-state index is 6.21. The molecule has 0 saturated carbocycles. The van der Waals surface area contributed by atoms with Crippen LogP contribution in [-0.2, 0) is 0 Å². The lowest BCUT2D eigenvalue weighted by molar-refractivity contribution is 0.669. The lowest BCUT2D eigenvalue weighted by Crippen LogP contribution is -2.12. The van der Waals surface area contributed by atoms with Gasteiger partial charge in [-0.15, -0.1) is 11.3 Å². The molecule has 0 aliphatic carbocycles. The molecule has 2 heterocycles. The molecule has 0 radical (unpaired) electrons. The van der Waals surface area contributed by atoms with Gasteiger partial charge in [-0.2, -0.15) is 0 Å². The number of anilines is 3. The summed E-state index contributed by atoms with van der Waals surface area (Å²) in [5, 5.41) is 7.25. The highest BCUT2D eigenvalue weighted by Gasteiger charge is 2.23. The average Bonchev–Trinajstić information content (AvgIpc) is 3.83. The molecule has 55 heavy (non-hydrogen) atoms. The first-order valence-corrected chi connectivity index (χ1v) is 19.5. The lowest BCUT2D eigenvalue weighted by atomic mass is 9.95. The molecule has 2 aromatic heterocycles. The Bertz CT molecular complexity index is 3230. The van der Waals surface area contributed by atoms with Gasteiger partial charge in [0, 0.05) is 42.2 Å². The van der Waals surface area contributed by atoms with Crippen molar-refractivity contribution in [2.75, 3.05) is 4.90 Å². The van der Waals surface area contributed by atoms with Crippen molar-refractivity contribution in [2.45, 2.75) is 0 Å². The number of para-hydroxylation sites is 1. The molecule has 11 rings (SSSR count). The summed E-state index contributed by atoms with van der Waals surface area (Å²) in [6.45, 7) is 0. The Morgan fingerprint density at radius 1 is 0.364 bits per heavy atom. The van der Waals surface area contributed by atoms with Crippen molar-refractivity contribution in [1.82, 2.24) is 0 Å². The molecule has 0 fully saturated rings. The Morgan fingerprint density at radius 2 is 1.02 bits per heavy atom. The number of thiophene rings is 1. The highest BCUT2D eigenvalue weighted by Crippen LogP contribution is 2.49. The Hall–Kier alpha value is -6.94. The summed E-state index contributed by atoms with van der Waals surface area (Å²) in [6, 6.07) is 72.5. The largest absolute Gasteiger partial charge is 0.456 e. The zero-order valence-corrected chi connectivity index (χ0v) is 30.6. The van der Waals surface area contributed by atoms with Gasteiger partial charge in [0.25, 0.3) is 0 Å². The van der Waals surface area contributed by atoms with Gasteiger partial charge in [0.15, 0.2) is 0 Å². The van der Waals surface area contributed by atoms with E-state index in [4.69, 9.17) is 4.42 Å². The molecule has 258 valence electrons. The van der Waals surface area contributed by atoms with Crippen LogP contribution in [0, 0.1) is 0 Å². The third kappa shape index (κ3) is 5.40. The molecule has 0 atom stereocenters. The summed E-state index contributed by atoms with van der Waals surface area (Å²) in [6.07, 6.45) is 0. The quantitative estimate of drug-likeness (QED) is 0.170. The first-order valence-electron chi connectivity index (χ1n) is 18.7. The second kappa shape index (κ2) is 12.9. The van der Waals surface area contributed by atoms with Crippen LogP contribution in [0.2, 0.25) is 0 Å². The fourth-order valence-corrected chi connectivity index (χ4v) is 9.33. The molecule has 0 aliphatic heterocycles. The standard InChI is InChI=1S/C52H33NOS/c1-2-13-35(14-3-1)42-28-26-40(38-25-24-34-12-4-5-15-36(34)30-38)33-47(42)53(46-20-11-23-51-52(46)44-19-7-9-22-50(44)55-51)41-17-10-16-37(31-41)39-27-29-49-45(32-39)43-18-6-8-21-48(43)54-49/h1-33H. The predicted molar refractivity (Wildman–Crippen MR) is 235 cm³/mol. The van der Waals surface area contributed by atoms with Crippen molar-refractivity contribution in [3.63, 3.8) is 0 Å².